The van der Waals surface area contributed by atoms with Gasteiger partial charge in [-0.05, 0) is 17.2 Å². The number of aromatic carboxylic acids is 1. The number of carbonyl (C=O) groups is 2. The van der Waals surface area contributed by atoms with Gasteiger partial charge in [0, 0.05) is 0 Å². The molecule has 0 atom stereocenters. The molecule has 0 aromatic heterocycles. The van der Waals surface area contributed by atoms with Gasteiger partial charge in [0.05, 0.1) is 11.9 Å². The van der Waals surface area contributed by atoms with Crippen molar-refractivity contribution in [2.75, 3.05) is 0 Å². The Morgan fingerprint density at radius 2 is 1.64 bits per heavy atom. The first-order chi connectivity index (χ1) is 6.59. The monoisotopic (exact) mass is 190 g/mol. The zero-order chi connectivity index (χ0) is 10.6. The van der Waals surface area contributed by atoms with E-state index in [-0.39, 0.29) is 5.56 Å². The lowest BCUT2D eigenvalue weighted by molar-refractivity contribution is -0.297. The van der Waals surface area contributed by atoms with Crippen LogP contribution in [0.15, 0.2) is 30.3 Å². The van der Waals surface area contributed by atoms with Crippen LogP contribution in [0.1, 0.15) is 15.9 Å². The molecule has 0 aliphatic rings. The second kappa shape index (κ2) is 4.23. The number of benzene rings is 1. The van der Waals surface area contributed by atoms with E-state index >= 15 is 0 Å². The van der Waals surface area contributed by atoms with Crippen molar-refractivity contribution in [2.45, 2.75) is 0 Å². The van der Waals surface area contributed by atoms with Gasteiger partial charge in [-0.3, -0.25) is 0 Å². The van der Waals surface area contributed by atoms with E-state index in [1.165, 1.54) is 30.3 Å². The zero-order valence-electron chi connectivity index (χ0n) is 7.10. The van der Waals surface area contributed by atoms with Gasteiger partial charge < -0.3 is 19.8 Å². The fourth-order valence-electron chi connectivity index (χ4n) is 0.895. The Labute approximate surface area is 80.1 Å². The molecular formula is C10H6O4-2. The van der Waals surface area contributed by atoms with Gasteiger partial charge in [0.15, 0.2) is 0 Å². The number of rotatable bonds is 3. The maximum atomic E-state index is 10.3. The van der Waals surface area contributed by atoms with Crippen LogP contribution in [0.5, 0.6) is 0 Å². The summed E-state index contributed by atoms with van der Waals surface area (Å²) in [6, 6.07) is 5.63. The summed E-state index contributed by atoms with van der Waals surface area (Å²) in [5.74, 6) is -2.56. The standard InChI is InChI=1S/C10H8O4/c11-9(12)6-3-7-1-4-8(5-2-7)10(13)14/h1-6H,(H,11,12)(H,13,14)/p-2. The minimum atomic E-state index is -1.30. The molecule has 0 amide bonds. The first kappa shape index (κ1) is 9.98. The summed E-state index contributed by atoms with van der Waals surface area (Å²) in [5, 5.41) is 20.4. The van der Waals surface area contributed by atoms with Crippen LogP contribution in [0.4, 0.5) is 0 Å². The predicted molar refractivity (Wildman–Crippen MR) is 44.8 cm³/mol. The summed E-state index contributed by atoms with van der Waals surface area (Å²) in [4.78, 5) is 20.4. The molecule has 0 saturated heterocycles. The van der Waals surface area contributed by atoms with Crippen molar-refractivity contribution in [3.63, 3.8) is 0 Å². The van der Waals surface area contributed by atoms with Gasteiger partial charge in [-0.1, -0.05) is 30.3 Å². The lowest BCUT2D eigenvalue weighted by atomic mass is 10.1. The molecule has 14 heavy (non-hydrogen) atoms. The van der Waals surface area contributed by atoms with Gasteiger partial charge in [0.25, 0.3) is 0 Å². The highest BCUT2D eigenvalue weighted by molar-refractivity contribution is 5.87. The van der Waals surface area contributed by atoms with E-state index in [1.807, 2.05) is 0 Å². The minimum Gasteiger partial charge on any atom is -0.545 e. The Kier molecular flexibility index (Phi) is 3.01. The van der Waals surface area contributed by atoms with Crippen LogP contribution >= 0.6 is 0 Å². The maximum absolute atomic E-state index is 10.3. The molecule has 4 heteroatoms. The quantitative estimate of drug-likeness (QED) is 0.561. The summed E-state index contributed by atoms with van der Waals surface area (Å²) >= 11 is 0. The van der Waals surface area contributed by atoms with Gasteiger partial charge in [0.2, 0.25) is 0 Å². The molecule has 1 aromatic rings. The Hall–Kier alpha value is -2.10. The Morgan fingerprint density at radius 1 is 1.07 bits per heavy atom. The van der Waals surface area contributed by atoms with Crippen molar-refractivity contribution in [1.82, 2.24) is 0 Å². The van der Waals surface area contributed by atoms with Gasteiger partial charge >= 0.3 is 0 Å². The summed E-state index contributed by atoms with van der Waals surface area (Å²) in [7, 11) is 0. The lowest BCUT2D eigenvalue weighted by Crippen LogP contribution is -2.21. The zero-order valence-corrected chi connectivity index (χ0v) is 7.10. The van der Waals surface area contributed by atoms with Gasteiger partial charge in [0.1, 0.15) is 0 Å². The number of carbonyl (C=O) groups excluding carboxylic acids is 2. The summed E-state index contributed by atoms with van der Waals surface area (Å²) < 4.78 is 0. The second-order valence-electron chi connectivity index (χ2n) is 2.56. The lowest BCUT2D eigenvalue weighted by Gasteiger charge is -2.01. The molecule has 72 valence electrons. The summed E-state index contributed by atoms with van der Waals surface area (Å²) in [5.41, 5.74) is 0.634. The number of carboxylic acid groups (broad SMARTS) is 2. The Balaban J connectivity index is 2.83. The van der Waals surface area contributed by atoms with E-state index in [2.05, 4.69) is 0 Å². The highest BCUT2D eigenvalue weighted by atomic mass is 16.4. The van der Waals surface area contributed by atoms with Crippen LogP contribution in [-0.4, -0.2) is 11.9 Å². The molecular weight excluding hydrogens is 184 g/mol. The molecule has 0 N–H and O–H groups in total. The first-order valence-corrected chi connectivity index (χ1v) is 3.80. The number of hydrogen-bond donors (Lipinski definition) is 0. The van der Waals surface area contributed by atoms with Crippen molar-refractivity contribution >= 4 is 18.0 Å². The van der Waals surface area contributed by atoms with Crippen LogP contribution in [0.25, 0.3) is 6.08 Å². The van der Waals surface area contributed by atoms with Crippen LogP contribution in [0.3, 0.4) is 0 Å². The van der Waals surface area contributed by atoms with E-state index in [9.17, 15) is 19.8 Å². The van der Waals surface area contributed by atoms with Crippen molar-refractivity contribution in [2.24, 2.45) is 0 Å². The summed E-state index contributed by atoms with van der Waals surface area (Å²) in [6.07, 6.45) is 2.18. The normalized spacial score (nSPS) is 10.3. The molecule has 4 nitrogen and oxygen atoms in total. The summed E-state index contributed by atoms with van der Waals surface area (Å²) in [6.45, 7) is 0. The number of hydrogen-bond acceptors (Lipinski definition) is 4. The van der Waals surface area contributed by atoms with Crippen molar-refractivity contribution in [3.8, 4) is 0 Å². The molecule has 0 saturated carbocycles. The molecule has 1 rings (SSSR count). The largest absolute Gasteiger partial charge is 0.545 e. The number of aliphatic carboxylic acids is 1. The molecule has 0 aliphatic carbocycles. The molecule has 0 bridgehead atoms. The predicted octanol–water partition coefficient (Wildman–Crippen LogP) is -1.19. The third-order valence-corrected chi connectivity index (χ3v) is 1.56. The van der Waals surface area contributed by atoms with Crippen molar-refractivity contribution < 1.29 is 19.8 Å². The molecule has 0 spiro atoms. The molecule has 0 radical (unpaired) electrons. The van der Waals surface area contributed by atoms with Gasteiger partial charge in [-0.25, -0.2) is 0 Å². The van der Waals surface area contributed by atoms with Crippen LogP contribution < -0.4 is 10.2 Å². The highest BCUT2D eigenvalue weighted by Gasteiger charge is 1.91. The smallest absolute Gasteiger partial charge is 0.0715 e. The van der Waals surface area contributed by atoms with Crippen LogP contribution in [-0.2, 0) is 4.79 Å². The third-order valence-electron chi connectivity index (χ3n) is 1.56. The van der Waals surface area contributed by atoms with Gasteiger partial charge in [-0.2, -0.15) is 0 Å². The third kappa shape index (κ3) is 2.75. The van der Waals surface area contributed by atoms with E-state index in [4.69, 9.17) is 0 Å². The highest BCUT2D eigenvalue weighted by Crippen LogP contribution is 2.05. The van der Waals surface area contributed by atoms with E-state index in [1.54, 1.807) is 0 Å². The molecule has 1 aromatic carbocycles. The fraction of sp³-hybridized carbons (Fsp3) is 0. The first-order valence-electron chi connectivity index (χ1n) is 3.80. The average Bonchev–Trinajstić information content (AvgIpc) is 2.15. The van der Waals surface area contributed by atoms with E-state index < -0.39 is 11.9 Å². The number of carboxylic acids is 2. The molecule has 0 aliphatic heterocycles. The van der Waals surface area contributed by atoms with E-state index in [0.29, 0.717) is 5.56 Å². The van der Waals surface area contributed by atoms with E-state index in [0.717, 1.165) is 6.08 Å². The average molecular weight is 190 g/mol. The topological polar surface area (TPSA) is 80.3 Å². The SMILES string of the molecule is O=C([O-])C=Cc1ccc(C(=O)[O-])cc1. The molecule has 0 unspecified atom stereocenters. The van der Waals surface area contributed by atoms with Gasteiger partial charge in [-0.15, -0.1) is 0 Å². The molecule has 0 fully saturated rings. The maximum Gasteiger partial charge on any atom is 0.0715 e. The van der Waals surface area contributed by atoms with Crippen molar-refractivity contribution in [1.29, 1.82) is 0 Å². The fourth-order valence-corrected chi connectivity index (χ4v) is 0.895. The minimum absolute atomic E-state index is 0.0515. The van der Waals surface area contributed by atoms with Crippen LogP contribution in [0, 0.1) is 0 Å². The molecule has 0 heterocycles. The Bertz CT molecular complexity index is 376. The van der Waals surface area contributed by atoms with Crippen LogP contribution in [0.2, 0.25) is 0 Å². The Morgan fingerprint density at radius 3 is 2.07 bits per heavy atom. The second-order valence-corrected chi connectivity index (χ2v) is 2.56. The van der Waals surface area contributed by atoms with Crippen molar-refractivity contribution in [3.05, 3.63) is 41.5 Å².